The summed E-state index contributed by atoms with van der Waals surface area (Å²) in [5.74, 6) is -0.0394. The van der Waals surface area contributed by atoms with Gasteiger partial charge in [-0.3, -0.25) is 4.79 Å². The number of hydrogen-bond donors (Lipinski definition) is 1. The van der Waals surface area contributed by atoms with Crippen molar-refractivity contribution in [2.24, 2.45) is 0 Å². The zero-order valence-corrected chi connectivity index (χ0v) is 13.5. The lowest BCUT2D eigenvalue weighted by atomic mass is 10.1. The number of carbonyl (C=O) groups excluding carboxylic acids is 1. The molecule has 3 nitrogen and oxygen atoms in total. The highest BCUT2D eigenvalue weighted by atomic mass is 16.1. The van der Waals surface area contributed by atoms with Crippen LogP contribution in [0, 0.1) is 0 Å². The third kappa shape index (κ3) is 3.88. The van der Waals surface area contributed by atoms with Crippen LogP contribution in [0.5, 0.6) is 0 Å². The van der Waals surface area contributed by atoms with Gasteiger partial charge in [0.25, 0.3) is 5.91 Å². The minimum atomic E-state index is -0.0394. The second-order valence-corrected chi connectivity index (χ2v) is 5.32. The summed E-state index contributed by atoms with van der Waals surface area (Å²) in [6.45, 7) is 8.19. The third-order valence-electron chi connectivity index (χ3n) is 3.91. The van der Waals surface area contributed by atoms with Crippen LogP contribution in [0.2, 0.25) is 0 Å². The van der Waals surface area contributed by atoms with E-state index in [1.807, 2.05) is 61.5 Å². The van der Waals surface area contributed by atoms with E-state index in [1.165, 1.54) is 0 Å². The molecular formula is C19H24N2O. The number of benzene rings is 2. The van der Waals surface area contributed by atoms with E-state index in [4.69, 9.17) is 0 Å². The van der Waals surface area contributed by atoms with Crippen LogP contribution < -0.4 is 10.2 Å². The molecular weight excluding hydrogens is 272 g/mol. The van der Waals surface area contributed by atoms with E-state index >= 15 is 0 Å². The van der Waals surface area contributed by atoms with Gasteiger partial charge in [0.15, 0.2) is 0 Å². The molecule has 2 rings (SSSR count). The van der Waals surface area contributed by atoms with Crippen molar-refractivity contribution in [1.29, 1.82) is 0 Å². The molecule has 3 heteroatoms. The first-order valence-corrected chi connectivity index (χ1v) is 7.86. The van der Waals surface area contributed by atoms with Crippen LogP contribution in [-0.4, -0.2) is 19.0 Å². The molecule has 0 fully saturated rings. The summed E-state index contributed by atoms with van der Waals surface area (Å²) >= 11 is 0. The van der Waals surface area contributed by atoms with Crippen LogP contribution in [0.1, 0.15) is 42.7 Å². The molecule has 0 aliphatic heterocycles. The fourth-order valence-corrected chi connectivity index (χ4v) is 2.52. The molecule has 0 spiro atoms. The normalized spacial score (nSPS) is 11.8. The molecule has 0 heterocycles. The summed E-state index contributed by atoms with van der Waals surface area (Å²) in [4.78, 5) is 14.6. The molecule has 2 aromatic rings. The number of amides is 1. The van der Waals surface area contributed by atoms with Crippen molar-refractivity contribution >= 4 is 11.6 Å². The van der Waals surface area contributed by atoms with Crippen LogP contribution >= 0.6 is 0 Å². The zero-order valence-electron chi connectivity index (χ0n) is 13.5. The van der Waals surface area contributed by atoms with Gasteiger partial charge in [-0.2, -0.15) is 0 Å². The molecule has 0 saturated carbocycles. The van der Waals surface area contributed by atoms with E-state index in [-0.39, 0.29) is 11.9 Å². The van der Waals surface area contributed by atoms with Gasteiger partial charge in [-0.15, -0.1) is 0 Å². The summed E-state index contributed by atoms with van der Waals surface area (Å²) in [7, 11) is 0. The van der Waals surface area contributed by atoms with Gasteiger partial charge in [-0.1, -0.05) is 30.3 Å². The molecule has 0 radical (unpaired) electrons. The van der Waals surface area contributed by atoms with Gasteiger partial charge in [0, 0.05) is 24.3 Å². The van der Waals surface area contributed by atoms with Crippen molar-refractivity contribution in [2.45, 2.75) is 26.8 Å². The standard InChI is InChI=1S/C19H24N2O/c1-4-21(5-2)18-13-11-17(12-14-18)19(22)20-15(3)16-9-7-6-8-10-16/h6-15H,4-5H2,1-3H3,(H,20,22). The summed E-state index contributed by atoms with van der Waals surface area (Å²) in [5, 5.41) is 3.04. The maximum Gasteiger partial charge on any atom is 0.251 e. The van der Waals surface area contributed by atoms with Crippen LogP contribution in [0.25, 0.3) is 0 Å². The number of nitrogens with zero attached hydrogens (tertiary/aromatic N) is 1. The highest BCUT2D eigenvalue weighted by molar-refractivity contribution is 5.94. The van der Waals surface area contributed by atoms with E-state index in [0.29, 0.717) is 5.56 Å². The van der Waals surface area contributed by atoms with Crippen molar-refractivity contribution in [3.8, 4) is 0 Å². The van der Waals surface area contributed by atoms with Gasteiger partial charge in [0.2, 0.25) is 0 Å². The van der Waals surface area contributed by atoms with E-state index < -0.39 is 0 Å². The van der Waals surface area contributed by atoms with E-state index in [1.54, 1.807) is 0 Å². The number of hydrogen-bond acceptors (Lipinski definition) is 2. The molecule has 1 N–H and O–H groups in total. The lowest BCUT2D eigenvalue weighted by Gasteiger charge is -2.21. The Morgan fingerprint density at radius 3 is 2.14 bits per heavy atom. The maximum absolute atomic E-state index is 12.3. The topological polar surface area (TPSA) is 32.3 Å². The van der Waals surface area contributed by atoms with Gasteiger partial charge >= 0.3 is 0 Å². The van der Waals surface area contributed by atoms with Gasteiger partial charge in [-0.25, -0.2) is 0 Å². The summed E-state index contributed by atoms with van der Waals surface area (Å²) in [6.07, 6.45) is 0. The van der Waals surface area contributed by atoms with Crippen molar-refractivity contribution in [3.63, 3.8) is 0 Å². The SMILES string of the molecule is CCN(CC)c1ccc(C(=O)NC(C)c2ccccc2)cc1. The van der Waals surface area contributed by atoms with Crippen molar-refractivity contribution in [2.75, 3.05) is 18.0 Å². The van der Waals surface area contributed by atoms with Gasteiger partial charge < -0.3 is 10.2 Å². The predicted octanol–water partition coefficient (Wildman–Crippen LogP) is 4.02. The Labute approximate surface area is 133 Å². The Hall–Kier alpha value is -2.29. The van der Waals surface area contributed by atoms with Crippen molar-refractivity contribution in [1.82, 2.24) is 5.32 Å². The Bertz CT molecular complexity index is 589. The average molecular weight is 296 g/mol. The molecule has 0 saturated heterocycles. The van der Waals surface area contributed by atoms with Gasteiger partial charge in [-0.05, 0) is 50.6 Å². The zero-order chi connectivity index (χ0) is 15.9. The first kappa shape index (κ1) is 16.1. The third-order valence-corrected chi connectivity index (χ3v) is 3.91. The number of anilines is 1. The fraction of sp³-hybridized carbons (Fsp3) is 0.316. The lowest BCUT2D eigenvalue weighted by molar-refractivity contribution is 0.0940. The first-order chi connectivity index (χ1) is 10.7. The maximum atomic E-state index is 12.3. The number of carbonyl (C=O) groups is 1. The van der Waals surface area contributed by atoms with Crippen LogP contribution in [-0.2, 0) is 0 Å². The fourth-order valence-electron chi connectivity index (χ4n) is 2.52. The highest BCUT2D eigenvalue weighted by Gasteiger charge is 2.11. The van der Waals surface area contributed by atoms with Crippen LogP contribution in [0.3, 0.4) is 0 Å². The van der Waals surface area contributed by atoms with Crippen molar-refractivity contribution in [3.05, 3.63) is 65.7 Å². The predicted molar refractivity (Wildman–Crippen MR) is 92.3 cm³/mol. The van der Waals surface area contributed by atoms with Crippen LogP contribution in [0.15, 0.2) is 54.6 Å². The lowest BCUT2D eigenvalue weighted by Crippen LogP contribution is -2.27. The average Bonchev–Trinajstić information content (AvgIpc) is 2.57. The molecule has 1 unspecified atom stereocenters. The number of nitrogens with one attached hydrogen (secondary N) is 1. The van der Waals surface area contributed by atoms with Gasteiger partial charge in [0.05, 0.1) is 6.04 Å². The Morgan fingerprint density at radius 2 is 1.59 bits per heavy atom. The highest BCUT2D eigenvalue weighted by Crippen LogP contribution is 2.16. The molecule has 2 aromatic carbocycles. The molecule has 0 aromatic heterocycles. The smallest absolute Gasteiger partial charge is 0.251 e. The summed E-state index contributed by atoms with van der Waals surface area (Å²) < 4.78 is 0. The Balaban J connectivity index is 2.04. The quantitative estimate of drug-likeness (QED) is 0.873. The molecule has 0 bridgehead atoms. The largest absolute Gasteiger partial charge is 0.372 e. The molecule has 0 aliphatic rings. The van der Waals surface area contributed by atoms with E-state index in [2.05, 4.69) is 24.1 Å². The first-order valence-electron chi connectivity index (χ1n) is 7.86. The molecule has 116 valence electrons. The summed E-state index contributed by atoms with van der Waals surface area (Å²) in [6, 6.07) is 17.8. The number of rotatable bonds is 6. The minimum Gasteiger partial charge on any atom is -0.372 e. The minimum absolute atomic E-state index is 0.00356. The molecule has 22 heavy (non-hydrogen) atoms. The monoisotopic (exact) mass is 296 g/mol. The van der Waals surface area contributed by atoms with Crippen LogP contribution in [0.4, 0.5) is 5.69 Å². The van der Waals surface area contributed by atoms with Crippen molar-refractivity contribution < 1.29 is 4.79 Å². The molecule has 1 amide bonds. The van der Waals surface area contributed by atoms with Gasteiger partial charge in [0.1, 0.15) is 0 Å². The molecule has 1 atom stereocenters. The Kier molecular flexibility index (Phi) is 5.59. The second-order valence-electron chi connectivity index (χ2n) is 5.32. The van der Waals surface area contributed by atoms with E-state index in [0.717, 1.165) is 24.3 Å². The molecule has 0 aliphatic carbocycles. The summed E-state index contributed by atoms with van der Waals surface area (Å²) in [5.41, 5.74) is 2.95. The Morgan fingerprint density at radius 1 is 1.00 bits per heavy atom. The van der Waals surface area contributed by atoms with E-state index in [9.17, 15) is 4.79 Å². The second kappa shape index (κ2) is 7.64.